The second-order valence-electron chi connectivity index (χ2n) is 8.78. The summed E-state index contributed by atoms with van der Waals surface area (Å²) in [5.41, 5.74) is 2.13. The van der Waals surface area contributed by atoms with Crippen LogP contribution in [-0.4, -0.2) is 70.4 Å². The van der Waals surface area contributed by atoms with E-state index in [2.05, 4.69) is 48.8 Å². The number of piperidine rings is 1. The van der Waals surface area contributed by atoms with E-state index in [1.165, 1.54) is 12.8 Å². The van der Waals surface area contributed by atoms with E-state index in [-0.39, 0.29) is 0 Å². The zero-order valence-corrected chi connectivity index (χ0v) is 19.2. The maximum absolute atomic E-state index is 4.89. The maximum Gasteiger partial charge on any atom is 0.156 e. The molecule has 3 N–H and O–H groups in total. The topological polar surface area (TPSA) is 85.0 Å². The van der Waals surface area contributed by atoms with Gasteiger partial charge in [0.15, 0.2) is 11.6 Å². The Morgan fingerprint density at radius 2 is 1.73 bits per heavy atom. The van der Waals surface area contributed by atoms with Crippen molar-refractivity contribution in [1.29, 1.82) is 0 Å². The van der Waals surface area contributed by atoms with Crippen LogP contribution in [0.25, 0.3) is 12.2 Å². The monoisotopic (exact) mass is 444 g/mol. The third kappa shape index (κ3) is 5.58. The van der Waals surface area contributed by atoms with Crippen molar-refractivity contribution in [3.63, 3.8) is 0 Å². The van der Waals surface area contributed by atoms with Gasteiger partial charge in [-0.3, -0.25) is 10.00 Å². The fourth-order valence-electron chi connectivity index (χ4n) is 4.59. The molecular formula is C25H32N8. The van der Waals surface area contributed by atoms with Crippen LogP contribution in [0.15, 0.2) is 42.5 Å². The van der Waals surface area contributed by atoms with Crippen LogP contribution in [0.1, 0.15) is 29.9 Å². The highest BCUT2D eigenvalue weighted by Gasteiger charge is 2.26. The molecule has 0 saturated carbocycles. The highest BCUT2D eigenvalue weighted by Crippen LogP contribution is 2.23. The Bertz CT molecular complexity index is 1060. The number of nitrogens with zero attached hydrogens (tertiary/aromatic N) is 5. The van der Waals surface area contributed by atoms with Gasteiger partial charge in [0.05, 0.1) is 0 Å². The van der Waals surface area contributed by atoms with Gasteiger partial charge in [0.2, 0.25) is 0 Å². The molecule has 0 atom stereocenters. The smallest absolute Gasteiger partial charge is 0.156 e. The second-order valence-corrected chi connectivity index (χ2v) is 8.78. The lowest BCUT2D eigenvalue weighted by molar-refractivity contribution is 0.153. The number of benzene rings is 1. The van der Waals surface area contributed by atoms with Gasteiger partial charge in [-0.05, 0) is 44.5 Å². The minimum Gasteiger partial charge on any atom is -0.354 e. The van der Waals surface area contributed by atoms with E-state index >= 15 is 0 Å². The SMILES string of the molecule is Cc1cc(Nc2cc(N3CCN(C4CCNCC4)CC3)nc(/C=C/c3ccccc3)n2)n[nH]1. The number of H-pyrrole nitrogens is 1. The van der Waals surface area contributed by atoms with E-state index < -0.39 is 0 Å². The molecule has 2 aromatic heterocycles. The first-order valence-corrected chi connectivity index (χ1v) is 11.8. The molecule has 4 heterocycles. The van der Waals surface area contributed by atoms with Crippen molar-refractivity contribution in [3.05, 3.63) is 59.5 Å². The molecule has 1 aromatic carbocycles. The van der Waals surface area contributed by atoms with Gasteiger partial charge in [0.1, 0.15) is 11.6 Å². The average Bonchev–Trinajstić information content (AvgIpc) is 3.28. The first-order chi connectivity index (χ1) is 16.2. The van der Waals surface area contributed by atoms with Crippen LogP contribution in [0.3, 0.4) is 0 Å². The number of aryl methyl sites for hydroxylation is 1. The van der Waals surface area contributed by atoms with Gasteiger partial charge in [-0.15, -0.1) is 0 Å². The van der Waals surface area contributed by atoms with Crippen molar-refractivity contribution in [2.45, 2.75) is 25.8 Å². The van der Waals surface area contributed by atoms with Gasteiger partial charge in [-0.1, -0.05) is 36.4 Å². The Balaban J connectivity index is 1.35. The predicted molar refractivity (Wildman–Crippen MR) is 134 cm³/mol. The van der Waals surface area contributed by atoms with Crippen LogP contribution in [0.4, 0.5) is 17.5 Å². The number of rotatable bonds is 6. The first-order valence-electron chi connectivity index (χ1n) is 11.8. The van der Waals surface area contributed by atoms with Crippen molar-refractivity contribution in [1.82, 2.24) is 30.4 Å². The largest absolute Gasteiger partial charge is 0.354 e. The number of piperazine rings is 1. The summed E-state index contributed by atoms with van der Waals surface area (Å²) in [5.74, 6) is 3.15. The quantitative estimate of drug-likeness (QED) is 0.538. The minimum absolute atomic E-state index is 0.687. The molecule has 33 heavy (non-hydrogen) atoms. The molecule has 0 bridgehead atoms. The summed E-state index contributed by atoms with van der Waals surface area (Å²) in [4.78, 5) is 14.6. The standard InChI is InChI=1S/C25H32N8/c1-19-17-24(31-30-19)28-23-18-25(29-22(27-23)8-7-20-5-3-2-4-6-20)33-15-13-32(14-16-33)21-9-11-26-12-10-21/h2-8,17-18,21,26H,9-16H2,1H3,(H2,27,28,29,30,31)/b8-7+. The first kappa shape index (κ1) is 21.6. The van der Waals surface area contributed by atoms with E-state index in [1.807, 2.05) is 43.3 Å². The Morgan fingerprint density at radius 3 is 2.45 bits per heavy atom. The summed E-state index contributed by atoms with van der Waals surface area (Å²) in [6.45, 7) is 8.36. The van der Waals surface area contributed by atoms with Crippen LogP contribution in [0, 0.1) is 6.92 Å². The number of hydrogen-bond acceptors (Lipinski definition) is 7. The minimum atomic E-state index is 0.687. The molecule has 0 aliphatic carbocycles. The van der Waals surface area contributed by atoms with Crippen molar-refractivity contribution in [2.75, 3.05) is 49.5 Å². The second kappa shape index (κ2) is 10.1. The molecular weight excluding hydrogens is 412 g/mol. The van der Waals surface area contributed by atoms with Crippen LogP contribution in [0.2, 0.25) is 0 Å². The van der Waals surface area contributed by atoms with E-state index in [0.717, 1.165) is 68.0 Å². The van der Waals surface area contributed by atoms with Gasteiger partial charge in [0.25, 0.3) is 0 Å². The molecule has 8 nitrogen and oxygen atoms in total. The van der Waals surface area contributed by atoms with Crippen LogP contribution < -0.4 is 15.5 Å². The summed E-state index contributed by atoms with van der Waals surface area (Å²) >= 11 is 0. The van der Waals surface area contributed by atoms with Crippen LogP contribution in [-0.2, 0) is 0 Å². The van der Waals surface area contributed by atoms with Crippen molar-refractivity contribution in [2.24, 2.45) is 0 Å². The highest BCUT2D eigenvalue weighted by molar-refractivity contribution is 5.69. The predicted octanol–water partition coefficient (Wildman–Crippen LogP) is 3.30. The molecule has 5 rings (SSSR count). The molecule has 0 spiro atoms. The van der Waals surface area contributed by atoms with Crippen LogP contribution >= 0.6 is 0 Å². The fraction of sp³-hybridized carbons (Fsp3) is 0.400. The number of aromatic amines is 1. The van der Waals surface area contributed by atoms with E-state index in [9.17, 15) is 0 Å². The molecule has 2 aliphatic rings. The Hall–Kier alpha value is -3.23. The third-order valence-corrected chi connectivity index (χ3v) is 6.38. The van der Waals surface area contributed by atoms with Crippen molar-refractivity contribution in [3.8, 4) is 0 Å². The highest BCUT2D eigenvalue weighted by atomic mass is 15.3. The van der Waals surface area contributed by atoms with Crippen LogP contribution in [0.5, 0.6) is 0 Å². The van der Waals surface area contributed by atoms with E-state index in [1.54, 1.807) is 0 Å². The summed E-state index contributed by atoms with van der Waals surface area (Å²) in [7, 11) is 0. The summed E-state index contributed by atoms with van der Waals surface area (Å²) < 4.78 is 0. The molecule has 2 saturated heterocycles. The van der Waals surface area contributed by atoms with Crippen molar-refractivity contribution < 1.29 is 0 Å². The Kier molecular flexibility index (Phi) is 6.64. The maximum atomic E-state index is 4.89. The Labute approximate surface area is 195 Å². The molecule has 0 unspecified atom stereocenters. The zero-order chi connectivity index (χ0) is 22.5. The molecule has 2 fully saturated rings. The van der Waals surface area contributed by atoms with Crippen molar-refractivity contribution >= 4 is 29.6 Å². The van der Waals surface area contributed by atoms with Gasteiger partial charge in [0, 0.05) is 50.0 Å². The summed E-state index contributed by atoms with van der Waals surface area (Å²) in [5, 5.41) is 14.1. The molecule has 8 heteroatoms. The zero-order valence-electron chi connectivity index (χ0n) is 19.2. The van der Waals surface area contributed by atoms with E-state index in [0.29, 0.717) is 11.9 Å². The van der Waals surface area contributed by atoms with Gasteiger partial charge in [-0.25, -0.2) is 9.97 Å². The van der Waals surface area contributed by atoms with E-state index in [4.69, 9.17) is 9.97 Å². The number of nitrogens with one attached hydrogen (secondary N) is 3. The Morgan fingerprint density at radius 1 is 0.939 bits per heavy atom. The summed E-state index contributed by atoms with van der Waals surface area (Å²) in [6, 6.07) is 15.0. The molecule has 2 aliphatic heterocycles. The normalized spacial score (nSPS) is 18.2. The number of hydrogen-bond donors (Lipinski definition) is 3. The summed E-state index contributed by atoms with van der Waals surface area (Å²) in [6.07, 6.45) is 6.53. The van der Waals surface area contributed by atoms with Gasteiger partial charge in [-0.2, -0.15) is 5.10 Å². The third-order valence-electron chi connectivity index (χ3n) is 6.38. The molecule has 3 aromatic rings. The molecule has 172 valence electrons. The van der Waals surface area contributed by atoms with Gasteiger partial charge < -0.3 is 15.5 Å². The molecule has 0 amide bonds. The number of anilines is 3. The lowest BCUT2D eigenvalue weighted by Crippen LogP contribution is -2.53. The van der Waals surface area contributed by atoms with Gasteiger partial charge >= 0.3 is 0 Å². The average molecular weight is 445 g/mol. The molecule has 0 radical (unpaired) electrons. The number of aromatic nitrogens is 4. The lowest BCUT2D eigenvalue weighted by atomic mass is 10.0. The fourth-order valence-corrected chi connectivity index (χ4v) is 4.59. The lowest BCUT2D eigenvalue weighted by Gasteiger charge is -2.41.